The fourth-order valence-electron chi connectivity index (χ4n) is 1.36. The Bertz CT molecular complexity index is 582. The maximum Gasteiger partial charge on any atom is 0.411 e. The van der Waals surface area contributed by atoms with Gasteiger partial charge in [0.25, 0.3) is 0 Å². The maximum atomic E-state index is 11.5. The molecule has 1 aromatic carbocycles. The van der Waals surface area contributed by atoms with E-state index in [0.717, 1.165) is 16.9 Å². The van der Waals surface area contributed by atoms with Crippen molar-refractivity contribution in [2.45, 2.75) is 6.61 Å². The van der Waals surface area contributed by atoms with Gasteiger partial charge in [-0.3, -0.25) is 15.4 Å². The molecule has 0 fully saturated rings. The summed E-state index contributed by atoms with van der Waals surface area (Å²) in [6, 6.07) is 10.5. The van der Waals surface area contributed by atoms with Gasteiger partial charge in [-0.1, -0.05) is 41.7 Å². The summed E-state index contributed by atoms with van der Waals surface area (Å²) in [5.74, 6) is 0. The molecule has 0 saturated carbocycles. The minimum atomic E-state index is -0.642. The second kappa shape index (κ2) is 5.96. The Labute approximate surface area is 112 Å². The maximum absolute atomic E-state index is 11.5. The molecule has 0 bridgehead atoms. The Kier molecular flexibility index (Phi) is 4.09. The normalized spacial score (nSPS) is 9.89. The number of hydrogen-bond donors (Lipinski definition) is 1. The van der Waals surface area contributed by atoms with E-state index in [-0.39, 0.29) is 11.6 Å². The van der Waals surface area contributed by atoms with Crippen LogP contribution >= 0.6 is 11.3 Å². The van der Waals surface area contributed by atoms with E-state index in [9.17, 15) is 14.9 Å². The van der Waals surface area contributed by atoms with Crippen molar-refractivity contribution >= 4 is 28.1 Å². The monoisotopic (exact) mass is 278 g/mol. The molecule has 19 heavy (non-hydrogen) atoms. The summed E-state index contributed by atoms with van der Waals surface area (Å²) >= 11 is 0.945. The predicted octanol–water partition coefficient (Wildman–Crippen LogP) is 3.41. The molecule has 2 rings (SSSR count). The smallest absolute Gasteiger partial charge is 0.411 e. The number of carbonyl (C=O) groups is 1. The predicted molar refractivity (Wildman–Crippen MR) is 71.2 cm³/mol. The number of carbonyl (C=O) groups excluding carboxylic acids is 1. The molecule has 0 atom stereocenters. The third kappa shape index (κ3) is 3.78. The van der Waals surface area contributed by atoms with Gasteiger partial charge in [0, 0.05) is 5.38 Å². The molecule has 1 aromatic heterocycles. The van der Waals surface area contributed by atoms with Gasteiger partial charge in [-0.25, -0.2) is 4.79 Å². The van der Waals surface area contributed by atoms with Crippen molar-refractivity contribution in [3.8, 4) is 0 Å². The van der Waals surface area contributed by atoms with Gasteiger partial charge in [-0.15, -0.1) is 0 Å². The van der Waals surface area contributed by atoms with E-state index < -0.39 is 11.0 Å². The number of nitro groups is 1. The van der Waals surface area contributed by atoms with E-state index in [1.807, 2.05) is 30.3 Å². The highest BCUT2D eigenvalue weighted by Crippen LogP contribution is 2.26. The van der Waals surface area contributed by atoms with Gasteiger partial charge in [0.1, 0.15) is 6.61 Å². The van der Waals surface area contributed by atoms with E-state index in [4.69, 9.17) is 4.74 Å². The van der Waals surface area contributed by atoms with Crippen LogP contribution in [-0.4, -0.2) is 11.0 Å². The van der Waals surface area contributed by atoms with E-state index in [2.05, 4.69) is 5.32 Å². The number of rotatable bonds is 4. The Morgan fingerprint density at radius 1 is 1.37 bits per heavy atom. The third-order valence-electron chi connectivity index (χ3n) is 2.22. The van der Waals surface area contributed by atoms with E-state index in [1.54, 1.807) is 0 Å². The zero-order chi connectivity index (χ0) is 13.7. The molecule has 2 aromatic rings. The van der Waals surface area contributed by atoms with Crippen LogP contribution in [0, 0.1) is 10.1 Å². The molecule has 0 radical (unpaired) electrons. The molecule has 0 spiro atoms. The number of anilines is 1. The van der Waals surface area contributed by atoms with Gasteiger partial charge in [0.2, 0.25) is 0 Å². The van der Waals surface area contributed by atoms with E-state index >= 15 is 0 Å². The first-order valence-corrected chi connectivity index (χ1v) is 6.24. The number of thiophene rings is 1. The average Bonchev–Trinajstić information content (AvgIpc) is 2.86. The van der Waals surface area contributed by atoms with Crippen molar-refractivity contribution in [1.82, 2.24) is 0 Å². The lowest BCUT2D eigenvalue weighted by molar-refractivity contribution is -0.380. The van der Waals surface area contributed by atoms with Gasteiger partial charge in [-0.2, -0.15) is 0 Å². The number of nitrogens with one attached hydrogen (secondary N) is 1. The number of benzene rings is 1. The van der Waals surface area contributed by atoms with Crippen LogP contribution in [0.5, 0.6) is 0 Å². The summed E-state index contributed by atoms with van der Waals surface area (Å²) in [5, 5.41) is 14.4. The zero-order valence-electron chi connectivity index (χ0n) is 9.74. The zero-order valence-corrected chi connectivity index (χ0v) is 10.6. The van der Waals surface area contributed by atoms with Gasteiger partial charge in [0.05, 0.1) is 16.7 Å². The van der Waals surface area contributed by atoms with Crippen LogP contribution in [-0.2, 0) is 11.3 Å². The van der Waals surface area contributed by atoms with Crippen LogP contribution in [0.2, 0.25) is 0 Å². The van der Waals surface area contributed by atoms with Crippen LogP contribution in [0.3, 0.4) is 0 Å². The fourth-order valence-corrected chi connectivity index (χ4v) is 2.02. The SMILES string of the molecule is O=C(Nc1csc([N+](=O)[O-])c1)OCc1ccccc1. The standard InChI is InChI=1S/C12H10N2O4S/c15-12(18-7-9-4-2-1-3-5-9)13-10-6-11(14(16)17)19-8-10/h1-6,8H,7H2,(H,13,15). The number of nitrogens with zero attached hydrogens (tertiary/aromatic N) is 1. The van der Waals surface area contributed by atoms with E-state index in [0.29, 0.717) is 5.69 Å². The molecule has 0 saturated heterocycles. The summed E-state index contributed by atoms with van der Waals surface area (Å²) in [7, 11) is 0. The minimum absolute atomic E-state index is 0.0293. The number of ether oxygens (including phenoxy) is 1. The number of hydrogen-bond acceptors (Lipinski definition) is 5. The molecule has 0 aliphatic heterocycles. The number of amides is 1. The Morgan fingerprint density at radius 3 is 2.74 bits per heavy atom. The fraction of sp³-hybridized carbons (Fsp3) is 0.0833. The summed E-state index contributed by atoms with van der Waals surface area (Å²) in [4.78, 5) is 21.4. The van der Waals surface area contributed by atoms with Crippen molar-refractivity contribution in [3.63, 3.8) is 0 Å². The van der Waals surface area contributed by atoms with Crippen molar-refractivity contribution < 1.29 is 14.5 Å². The molecule has 1 amide bonds. The van der Waals surface area contributed by atoms with Gasteiger partial charge in [0.15, 0.2) is 0 Å². The van der Waals surface area contributed by atoms with Crippen molar-refractivity contribution in [2.75, 3.05) is 5.32 Å². The second-order valence-electron chi connectivity index (χ2n) is 3.62. The lowest BCUT2D eigenvalue weighted by Gasteiger charge is -2.05. The molecule has 1 heterocycles. The van der Waals surface area contributed by atoms with Crippen molar-refractivity contribution in [2.24, 2.45) is 0 Å². The highest BCUT2D eigenvalue weighted by atomic mass is 32.1. The van der Waals surface area contributed by atoms with Crippen molar-refractivity contribution in [1.29, 1.82) is 0 Å². The summed E-state index contributed by atoms with van der Waals surface area (Å²) in [5.41, 5.74) is 1.23. The summed E-state index contributed by atoms with van der Waals surface area (Å²) in [6.07, 6.45) is -0.642. The quantitative estimate of drug-likeness (QED) is 0.686. The molecule has 6 nitrogen and oxygen atoms in total. The Morgan fingerprint density at radius 2 is 2.11 bits per heavy atom. The molecular weight excluding hydrogens is 268 g/mol. The largest absolute Gasteiger partial charge is 0.444 e. The molecule has 1 N–H and O–H groups in total. The van der Waals surface area contributed by atoms with Gasteiger partial charge < -0.3 is 4.74 Å². The van der Waals surface area contributed by atoms with Crippen molar-refractivity contribution in [3.05, 3.63) is 57.5 Å². The van der Waals surface area contributed by atoms with Crippen LogP contribution in [0.1, 0.15) is 5.56 Å². The topological polar surface area (TPSA) is 81.5 Å². The summed E-state index contributed by atoms with van der Waals surface area (Å²) in [6.45, 7) is 0.152. The Balaban J connectivity index is 1.85. The third-order valence-corrected chi connectivity index (χ3v) is 3.10. The van der Waals surface area contributed by atoms with Crippen LogP contribution in [0.4, 0.5) is 15.5 Å². The first-order valence-electron chi connectivity index (χ1n) is 5.36. The van der Waals surface area contributed by atoms with Gasteiger partial charge in [-0.05, 0) is 5.56 Å². The minimum Gasteiger partial charge on any atom is -0.444 e. The van der Waals surface area contributed by atoms with Crippen LogP contribution in [0.15, 0.2) is 41.8 Å². The summed E-state index contributed by atoms with van der Waals surface area (Å²) < 4.78 is 4.99. The Hall–Kier alpha value is -2.41. The van der Waals surface area contributed by atoms with Crippen LogP contribution in [0.25, 0.3) is 0 Å². The van der Waals surface area contributed by atoms with Crippen LogP contribution < -0.4 is 5.32 Å². The lowest BCUT2D eigenvalue weighted by Crippen LogP contribution is -2.12. The second-order valence-corrected chi connectivity index (χ2v) is 4.51. The highest BCUT2D eigenvalue weighted by Gasteiger charge is 2.12. The van der Waals surface area contributed by atoms with Gasteiger partial charge >= 0.3 is 11.1 Å². The first kappa shape index (κ1) is 13.0. The molecule has 7 heteroatoms. The van der Waals surface area contributed by atoms with E-state index in [1.165, 1.54) is 11.4 Å². The average molecular weight is 278 g/mol. The molecule has 98 valence electrons. The molecule has 0 unspecified atom stereocenters. The lowest BCUT2D eigenvalue weighted by atomic mass is 10.2. The molecular formula is C12H10N2O4S. The molecule has 0 aliphatic carbocycles. The first-order chi connectivity index (χ1) is 9.15. The molecule has 0 aliphatic rings. The highest BCUT2D eigenvalue weighted by molar-refractivity contribution is 7.13.